The molecule has 0 bridgehead atoms. The Bertz CT molecular complexity index is 714. The summed E-state index contributed by atoms with van der Waals surface area (Å²) in [6.45, 7) is 2.06. The van der Waals surface area contributed by atoms with Crippen LogP contribution in [0.3, 0.4) is 0 Å². The third-order valence-corrected chi connectivity index (χ3v) is 6.23. The standard InChI is InChI=1S/C18H28N2O5S/c1-14(21)20(15-7-5-4-6-8-15)12-11-19-26(22,23)18-10-9-16(24-2)13-17(18)25-3/h9-10,13,15,19H,4-8,11-12H2,1-3H3. The van der Waals surface area contributed by atoms with Crippen molar-refractivity contribution >= 4 is 15.9 Å². The normalized spacial score (nSPS) is 15.5. The summed E-state index contributed by atoms with van der Waals surface area (Å²) in [6.07, 6.45) is 5.40. The summed E-state index contributed by atoms with van der Waals surface area (Å²) in [6, 6.07) is 4.75. The van der Waals surface area contributed by atoms with Gasteiger partial charge >= 0.3 is 0 Å². The van der Waals surface area contributed by atoms with E-state index in [-0.39, 0.29) is 29.1 Å². The van der Waals surface area contributed by atoms with Crippen molar-refractivity contribution in [2.45, 2.75) is 50.0 Å². The van der Waals surface area contributed by atoms with Crippen LogP contribution in [0.15, 0.2) is 23.1 Å². The lowest BCUT2D eigenvalue weighted by Gasteiger charge is -2.33. The number of methoxy groups -OCH3 is 2. The molecule has 0 radical (unpaired) electrons. The highest BCUT2D eigenvalue weighted by Crippen LogP contribution is 2.28. The summed E-state index contributed by atoms with van der Waals surface area (Å²) in [5.41, 5.74) is 0. The number of amides is 1. The van der Waals surface area contributed by atoms with Crippen LogP contribution < -0.4 is 14.2 Å². The Kier molecular flexibility index (Phi) is 7.28. The summed E-state index contributed by atoms with van der Waals surface area (Å²) in [5, 5.41) is 0. The van der Waals surface area contributed by atoms with Crippen LogP contribution in [-0.2, 0) is 14.8 Å². The highest BCUT2D eigenvalue weighted by molar-refractivity contribution is 7.89. The first-order valence-corrected chi connectivity index (χ1v) is 10.4. The molecule has 8 heteroatoms. The van der Waals surface area contributed by atoms with Crippen LogP contribution in [0.5, 0.6) is 11.5 Å². The second-order valence-electron chi connectivity index (χ2n) is 6.42. The van der Waals surface area contributed by atoms with E-state index in [2.05, 4.69) is 4.72 Å². The summed E-state index contributed by atoms with van der Waals surface area (Å²) >= 11 is 0. The van der Waals surface area contributed by atoms with Gasteiger partial charge in [0.05, 0.1) is 14.2 Å². The van der Waals surface area contributed by atoms with Gasteiger partial charge in [0.1, 0.15) is 16.4 Å². The monoisotopic (exact) mass is 384 g/mol. The number of carbonyl (C=O) groups excluding carboxylic acids is 1. The fourth-order valence-corrected chi connectivity index (χ4v) is 4.53. The zero-order chi connectivity index (χ0) is 19.2. The molecule has 1 N–H and O–H groups in total. The zero-order valence-corrected chi connectivity index (χ0v) is 16.5. The Morgan fingerprint density at radius 1 is 1.19 bits per heavy atom. The van der Waals surface area contributed by atoms with E-state index in [9.17, 15) is 13.2 Å². The molecule has 1 aliphatic rings. The highest BCUT2D eigenvalue weighted by atomic mass is 32.2. The molecular formula is C18H28N2O5S. The Labute approximate surface area is 155 Å². The Morgan fingerprint density at radius 3 is 2.46 bits per heavy atom. The molecule has 7 nitrogen and oxygen atoms in total. The first kappa shape index (κ1) is 20.5. The molecule has 1 aliphatic carbocycles. The molecule has 146 valence electrons. The second kappa shape index (κ2) is 9.23. The molecule has 0 heterocycles. The summed E-state index contributed by atoms with van der Waals surface area (Å²) in [7, 11) is -0.835. The Morgan fingerprint density at radius 2 is 1.88 bits per heavy atom. The predicted octanol–water partition coefficient (Wildman–Crippen LogP) is 2.16. The van der Waals surface area contributed by atoms with E-state index in [1.807, 2.05) is 0 Å². The zero-order valence-electron chi connectivity index (χ0n) is 15.7. The minimum absolute atomic E-state index is 0.0156. The molecule has 0 saturated heterocycles. The third kappa shape index (κ3) is 5.11. The second-order valence-corrected chi connectivity index (χ2v) is 8.15. The SMILES string of the molecule is COc1ccc(S(=O)(=O)NCCN(C(C)=O)C2CCCCC2)c(OC)c1. The van der Waals surface area contributed by atoms with E-state index < -0.39 is 10.0 Å². The number of hydrogen-bond donors (Lipinski definition) is 1. The van der Waals surface area contributed by atoms with E-state index in [4.69, 9.17) is 9.47 Å². The predicted molar refractivity (Wildman–Crippen MR) is 99.0 cm³/mol. The van der Waals surface area contributed by atoms with Crippen LogP contribution in [0, 0.1) is 0 Å². The number of carbonyl (C=O) groups is 1. The number of sulfonamides is 1. The van der Waals surface area contributed by atoms with Gasteiger partial charge in [-0.05, 0) is 25.0 Å². The molecule has 1 aromatic carbocycles. The van der Waals surface area contributed by atoms with Gasteiger partial charge in [-0.1, -0.05) is 19.3 Å². The molecular weight excluding hydrogens is 356 g/mol. The number of ether oxygens (including phenoxy) is 2. The van der Waals surface area contributed by atoms with Gasteiger partial charge in [0.25, 0.3) is 0 Å². The molecule has 26 heavy (non-hydrogen) atoms. The van der Waals surface area contributed by atoms with Gasteiger partial charge in [0.2, 0.25) is 15.9 Å². The van der Waals surface area contributed by atoms with Crippen molar-refractivity contribution in [1.29, 1.82) is 0 Å². The molecule has 0 aromatic heterocycles. The van der Waals surface area contributed by atoms with E-state index >= 15 is 0 Å². The maximum atomic E-state index is 12.6. The van der Waals surface area contributed by atoms with Gasteiger partial charge < -0.3 is 14.4 Å². The van der Waals surface area contributed by atoms with Crippen LogP contribution in [-0.4, -0.2) is 52.6 Å². The van der Waals surface area contributed by atoms with Crippen LogP contribution >= 0.6 is 0 Å². The third-order valence-electron chi connectivity index (χ3n) is 4.73. The van der Waals surface area contributed by atoms with Crippen molar-refractivity contribution in [3.8, 4) is 11.5 Å². The Hall–Kier alpha value is -1.80. The number of benzene rings is 1. The van der Waals surface area contributed by atoms with Gasteiger partial charge in [-0.3, -0.25) is 4.79 Å². The maximum Gasteiger partial charge on any atom is 0.244 e. The van der Waals surface area contributed by atoms with Gasteiger partial charge in [0, 0.05) is 32.1 Å². The molecule has 2 rings (SSSR count). The molecule has 0 aliphatic heterocycles. The summed E-state index contributed by atoms with van der Waals surface area (Å²) in [4.78, 5) is 13.8. The van der Waals surface area contributed by atoms with Crippen molar-refractivity contribution in [1.82, 2.24) is 9.62 Å². The lowest BCUT2D eigenvalue weighted by molar-refractivity contribution is -0.131. The fourth-order valence-electron chi connectivity index (χ4n) is 3.36. The molecule has 1 amide bonds. The van der Waals surface area contributed by atoms with Gasteiger partial charge in [-0.15, -0.1) is 0 Å². The smallest absolute Gasteiger partial charge is 0.244 e. The minimum Gasteiger partial charge on any atom is -0.497 e. The minimum atomic E-state index is -3.75. The molecule has 0 unspecified atom stereocenters. The summed E-state index contributed by atoms with van der Waals surface area (Å²) < 4.78 is 38.0. The van der Waals surface area contributed by atoms with Crippen LogP contribution in [0.4, 0.5) is 0 Å². The van der Waals surface area contributed by atoms with Crippen molar-refractivity contribution in [3.05, 3.63) is 18.2 Å². The maximum absolute atomic E-state index is 12.6. The fraction of sp³-hybridized carbons (Fsp3) is 0.611. The molecule has 0 atom stereocenters. The molecule has 1 aromatic rings. The number of nitrogens with zero attached hydrogens (tertiary/aromatic N) is 1. The lowest BCUT2D eigenvalue weighted by atomic mass is 9.94. The van der Waals surface area contributed by atoms with Gasteiger partial charge in [-0.25, -0.2) is 13.1 Å². The first-order valence-electron chi connectivity index (χ1n) is 8.88. The van der Waals surface area contributed by atoms with Crippen molar-refractivity contribution in [2.24, 2.45) is 0 Å². The Balaban J connectivity index is 2.04. The largest absolute Gasteiger partial charge is 0.497 e. The number of nitrogens with one attached hydrogen (secondary N) is 1. The van der Waals surface area contributed by atoms with Crippen molar-refractivity contribution in [3.63, 3.8) is 0 Å². The molecule has 1 fully saturated rings. The van der Waals surface area contributed by atoms with Crippen molar-refractivity contribution < 1.29 is 22.7 Å². The first-order chi connectivity index (χ1) is 12.4. The molecule has 1 saturated carbocycles. The van der Waals surface area contributed by atoms with Crippen LogP contribution in [0.2, 0.25) is 0 Å². The van der Waals surface area contributed by atoms with Crippen LogP contribution in [0.25, 0.3) is 0 Å². The quantitative estimate of drug-likeness (QED) is 0.742. The van der Waals surface area contributed by atoms with Crippen molar-refractivity contribution in [2.75, 3.05) is 27.3 Å². The number of hydrogen-bond acceptors (Lipinski definition) is 5. The number of rotatable bonds is 8. The van der Waals surface area contributed by atoms with Crippen LogP contribution in [0.1, 0.15) is 39.0 Å². The lowest BCUT2D eigenvalue weighted by Crippen LogP contribution is -2.44. The molecule has 0 spiro atoms. The summed E-state index contributed by atoms with van der Waals surface area (Å²) in [5.74, 6) is 0.714. The van der Waals surface area contributed by atoms with E-state index in [0.29, 0.717) is 12.3 Å². The topological polar surface area (TPSA) is 84.9 Å². The van der Waals surface area contributed by atoms with E-state index in [0.717, 1.165) is 25.7 Å². The van der Waals surface area contributed by atoms with Gasteiger partial charge in [-0.2, -0.15) is 0 Å². The van der Waals surface area contributed by atoms with Gasteiger partial charge in [0.15, 0.2) is 0 Å². The highest BCUT2D eigenvalue weighted by Gasteiger charge is 2.24. The van der Waals surface area contributed by atoms with E-state index in [1.165, 1.54) is 39.7 Å². The van der Waals surface area contributed by atoms with E-state index in [1.54, 1.807) is 11.0 Å². The average molecular weight is 384 g/mol. The average Bonchev–Trinajstić information content (AvgIpc) is 2.65.